The molecule has 0 radical (unpaired) electrons. The van der Waals surface area contributed by atoms with E-state index in [2.05, 4.69) is 16.7 Å². The van der Waals surface area contributed by atoms with Gasteiger partial charge in [0.25, 0.3) is 0 Å². The number of nitrogens with zero attached hydrogens (tertiary/aromatic N) is 2. The summed E-state index contributed by atoms with van der Waals surface area (Å²) in [7, 11) is 0. The van der Waals surface area contributed by atoms with Gasteiger partial charge >= 0.3 is 5.97 Å². The molecule has 2 fully saturated rings. The number of rotatable bonds is 6. The molecule has 20 heavy (non-hydrogen) atoms. The van der Waals surface area contributed by atoms with Crippen molar-refractivity contribution in [3.8, 4) is 0 Å². The molecule has 2 unspecified atom stereocenters. The van der Waals surface area contributed by atoms with E-state index in [1.54, 1.807) is 0 Å². The Morgan fingerprint density at radius 2 is 2.15 bits per heavy atom. The second-order valence-electron chi connectivity index (χ2n) is 5.85. The van der Waals surface area contributed by atoms with Crippen molar-refractivity contribution in [2.75, 3.05) is 46.0 Å². The van der Waals surface area contributed by atoms with Crippen LogP contribution in [0.15, 0.2) is 0 Å². The fraction of sp³-hybridized carbons (Fsp3) is 0.933. The van der Waals surface area contributed by atoms with Gasteiger partial charge in [-0.15, -0.1) is 0 Å². The highest BCUT2D eigenvalue weighted by atomic mass is 16.6. The number of hydrogen-bond acceptors (Lipinski definition) is 5. The maximum atomic E-state index is 11.2. The van der Waals surface area contributed by atoms with Crippen LogP contribution in [0.25, 0.3) is 0 Å². The second-order valence-corrected chi connectivity index (χ2v) is 5.85. The van der Waals surface area contributed by atoms with Gasteiger partial charge in [-0.05, 0) is 33.2 Å². The predicted molar refractivity (Wildman–Crippen MR) is 77.7 cm³/mol. The molecule has 116 valence electrons. The van der Waals surface area contributed by atoms with Crippen molar-refractivity contribution in [1.82, 2.24) is 9.80 Å². The zero-order chi connectivity index (χ0) is 14.4. The fourth-order valence-electron chi connectivity index (χ4n) is 3.26. The van der Waals surface area contributed by atoms with Crippen LogP contribution in [0, 0.1) is 0 Å². The van der Waals surface area contributed by atoms with Gasteiger partial charge in [0.1, 0.15) is 6.61 Å². The third-order valence-corrected chi connectivity index (χ3v) is 4.36. The minimum absolute atomic E-state index is 0.0750. The molecule has 0 N–H and O–H groups in total. The number of piperazine rings is 1. The number of carbonyl (C=O) groups is 1. The number of fused-ring (bicyclic) bond motifs is 1. The average Bonchev–Trinajstić information content (AvgIpc) is 2.44. The van der Waals surface area contributed by atoms with E-state index in [-0.39, 0.29) is 12.6 Å². The van der Waals surface area contributed by atoms with Crippen LogP contribution in [0.3, 0.4) is 0 Å². The third kappa shape index (κ3) is 4.43. The Hall–Kier alpha value is -0.650. The van der Waals surface area contributed by atoms with Crippen LogP contribution >= 0.6 is 0 Å². The molecule has 0 spiro atoms. The normalized spacial score (nSPS) is 28.1. The lowest BCUT2D eigenvalue weighted by Crippen LogP contribution is -2.59. The zero-order valence-corrected chi connectivity index (χ0v) is 12.8. The minimum atomic E-state index is -0.266. The second kappa shape index (κ2) is 7.96. The number of ether oxygens (including phenoxy) is 2. The van der Waals surface area contributed by atoms with E-state index in [1.165, 1.54) is 32.4 Å². The van der Waals surface area contributed by atoms with Gasteiger partial charge in [-0.3, -0.25) is 9.80 Å². The van der Waals surface area contributed by atoms with E-state index in [9.17, 15) is 4.79 Å². The van der Waals surface area contributed by atoms with Gasteiger partial charge in [0, 0.05) is 31.7 Å². The van der Waals surface area contributed by atoms with Crippen molar-refractivity contribution in [2.24, 2.45) is 0 Å². The van der Waals surface area contributed by atoms with Crippen molar-refractivity contribution in [1.29, 1.82) is 0 Å². The Balaban J connectivity index is 1.66. The molecule has 0 aliphatic carbocycles. The molecule has 2 rings (SSSR count). The van der Waals surface area contributed by atoms with Crippen molar-refractivity contribution < 1.29 is 14.3 Å². The number of esters is 1. The van der Waals surface area contributed by atoms with Crippen molar-refractivity contribution in [3.63, 3.8) is 0 Å². The van der Waals surface area contributed by atoms with Gasteiger partial charge < -0.3 is 9.47 Å². The molecular formula is C15H28N2O3. The number of piperidine rings is 1. The smallest absolute Gasteiger partial charge is 0.332 e. The summed E-state index contributed by atoms with van der Waals surface area (Å²) in [6, 6.07) is 1.31. The highest BCUT2D eigenvalue weighted by Gasteiger charge is 2.32. The van der Waals surface area contributed by atoms with Gasteiger partial charge in [0.15, 0.2) is 0 Å². The maximum absolute atomic E-state index is 11.2. The fourth-order valence-corrected chi connectivity index (χ4v) is 3.26. The SMILES string of the molecule is CCOC(=O)COCCN1CC2CCCCN2CC1C. The molecule has 2 aliphatic rings. The van der Waals surface area contributed by atoms with Crippen molar-refractivity contribution in [2.45, 2.75) is 45.2 Å². The van der Waals surface area contributed by atoms with E-state index in [1.807, 2.05) is 6.92 Å². The first-order valence-corrected chi connectivity index (χ1v) is 7.92. The molecule has 0 bridgehead atoms. The molecule has 2 aliphatic heterocycles. The predicted octanol–water partition coefficient (Wildman–Crippen LogP) is 1.12. The van der Waals surface area contributed by atoms with E-state index in [0.717, 1.165) is 19.1 Å². The van der Waals surface area contributed by atoms with Crippen LogP contribution in [0.2, 0.25) is 0 Å². The topological polar surface area (TPSA) is 42.0 Å². The monoisotopic (exact) mass is 284 g/mol. The Morgan fingerprint density at radius 1 is 1.30 bits per heavy atom. The first-order valence-electron chi connectivity index (χ1n) is 7.92. The molecule has 0 saturated carbocycles. The Bertz CT molecular complexity index is 311. The Labute approximate surface area is 122 Å². The lowest BCUT2D eigenvalue weighted by molar-refractivity contribution is -0.148. The number of carbonyl (C=O) groups excluding carboxylic acids is 1. The summed E-state index contributed by atoms with van der Waals surface area (Å²) < 4.78 is 10.2. The highest BCUT2D eigenvalue weighted by Crippen LogP contribution is 2.23. The average molecular weight is 284 g/mol. The minimum Gasteiger partial charge on any atom is -0.464 e. The van der Waals surface area contributed by atoms with Crippen LogP contribution in [-0.2, 0) is 14.3 Å². The molecule has 0 aromatic rings. The standard InChI is InChI=1S/C15H28N2O3/c1-3-20-15(18)12-19-9-8-16-11-14-6-4-5-7-17(14)10-13(16)2/h13-14H,3-12H2,1-2H3. The van der Waals surface area contributed by atoms with Crippen LogP contribution in [0.5, 0.6) is 0 Å². The molecule has 2 atom stereocenters. The number of hydrogen-bond donors (Lipinski definition) is 0. The molecule has 5 heteroatoms. The van der Waals surface area contributed by atoms with Gasteiger partial charge in [-0.2, -0.15) is 0 Å². The Kier molecular flexibility index (Phi) is 6.26. The molecule has 2 heterocycles. The third-order valence-electron chi connectivity index (χ3n) is 4.36. The summed E-state index contributed by atoms with van der Waals surface area (Å²) in [6.07, 6.45) is 4.04. The summed E-state index contributed by atoms with van der Waals surface area (Å²) >= 11 is 0. The maximum Gasteiger partial charge on any atom is 0.332 e. The van der Waals surface area contributed by atoms with Crippen molar-refractivity contribution in [3.05, 3.63) is 0 Å². The van der Waals surface area contributed by atoms with E-state index >= 15 is 0 Å². The molecule has 0 aromatic heterocycles. The van der Waals surface area contributed by atoms with E-state index in [4.69, 9.17) is 9.47 Å². The van der Waals surface area contributed by atoms with E-state index < -0.39 is 0 Å². The first-order chi connectivity index (χ1) is 9.70. The summed E-state index contributed by atoms with van der Waals surface area (Å²) in [5, 5.41) is 0. The molecular weight excluding hydrogens is 256 g/mol. The van der Waals surface area contributed by atoms with Crippen LogP contribution in [0.4, 0.5) is 0 Å². The quantitative estimate of drug-likeness (QED) is 0.540. The van der Waals surface area contributed by atoms with Gasteiger partial charge in [-0.25, -0.2) is 4.79 Å². The van der Waals surface area contributed by atoms with Gasteiger partial charge in [-0.1, -0.05) is 6.42 Å². The van der Waals surface area contributed by atoms with Crippen LogP contribution in [0.1, 0.15) is 33.1 Å². The summed E-state index contributed by atoms with van der Waals surface area (Å²) in [5.41, 5.74) is 0. The molecule has 5 nitrogen and oxygen atoms in total. The van der Waals surface area contributed by atoms with Crippen LogP contribution < -0.4 is 0 Å². The Morgan fingerprint density at radius 3 is 2.95 bits per heavy atom. The summed E-state index contributed by atoms with van der Waals surface area (Å²) in [6.45, 7) is 9.68. The molecule has 0 aromatic carbocycles. The summed E-state index contributed by atoms with van der Waals surface area (Å²) in [5.74, 6) is -0.266. The van der Waals surface area contributed by atoms with Gasteiger partial charge in [0.05, 0.1) is 13.2 Å². The van der Waals surface area contributed by atoms with E-state index in [0.29, 0.717) is 19.3 Å². The van der Waals surface area contributed by atoms with Gasteiger partial charge in [0.2, 0.25) is 0 Å². The highest BCUT2D eigenvalue weighted by molar-refractivity contribution is 5.70. The largest absolute Gasteiger partial charge is 0.464 e. The lowest BCUT2D eigenvalue weighted by Gasteiger charge is -2.47. The molecule has 2 saturated heterocycles. The van der Waals surface area contributed by atoms with Crippen molar-refractivity contribution >= 4 is 5.97 Å². The van der Waals surface area contributed by atoms with Crippen LogP contribution in [-0.4, -0.2) is 73.9 Å². The zero-order valence-electron chi connectivity index (χ0n) is 12.8. The summed E-state index contributed by atoms with van der Waals surface area (Å²) in [4.78, 5) is 16.3. The lowest BCUT2D eigenvalue weighted by atomic mass is 9.97. The first kappa shape index (κ1) is 15.7. The molecule has 0 amide bonds.